The maximum atomic E-state index is 10.2. The van der Waals surface area contributed by atoms with Crippen LogP contribution in [-0.4, -0.2) is 22.9 Å². The molecular formula is C11H18O2. The fraction of sp³-hybridized carbons (Fsp3) is 0.818. The number of hydrogen-bond donors (Lipinski definition) is 2. The first-order valence-electron chi connectivity index (χ1n) is 5.10. The molecule has 3 unspecified atom stereocenters. The van der Waals surface area contributed by atoms with E-state index >= 15 is 0 Å². The molecule has 2 rings (SSSR count). The van der Waals surface area contributed by atoms with Crippen LogP contribution in [0.3, 0.4) is 0 Å². The van der Waals surface area contributed by atoms with E-state index in [-0.39, 0.29) is 23.5 Å². The van der Waals surface area contributed by atoms with Crippen molar-refractivity contribution >= 4 is 0 Å². The minimum absolute atomic E-state index is 0.0841. The summed E-state index contributed by atoms with van der Waals surface area (Å²) in [6.45, 7) is 2.21. The van der Waals surface area contributed by atoms with Gasteiger partial charge in [0.1, 0.15) is 0 Å². The first-order valence-corrected chi connectivity index (χ1v) is 5.10. The van der Waals surface area contributed by atoms with Crippen molar-refractivity contribution in [3.63, 3.8) is 0 Å². The van der Waals surface area contributed by atoms with Crippen LogP contribution in [0.1, 0.15) is 32.6 Å². The van der Waals surface area contributed by atoms with E-state index in [1.165, 1.54) is 0 Å². The molecule has 2 aliphatic rings. The van der Waals surface area contributed by atoms with Crippen molar-refractivity contribution < 1.29 is 10.2 Å². The van der Waals surface area contributed by atoms with Gasteiger partial charge in [0.15, 0.2) is 0 Å². The molecule has 0 aromatic carbocycles. The lowest BCUT2D eigenvalue weighted by atomic mass is 9.56. The smallest absolute Gasteiger partial charge is 0.0709 e. The SMILES string of the molecule is CC12C=CCC(CO)(CCC1)C2O. The zero-order valence-corrected chi connectivity index (χ0v) is 8.16. The first-order chi connectivity index (χ1) is 6.13. The molecular weight excluding hydrogens is 164 g/mol. The lowest BCUT2D eigenvalue weighted by Gasteiger charge is -2.51. The van der Waals surface area contributed by atoms with Crippen LogP contribution < -0.4 is 0 Å². The standard InChI is InChI=1S/C11H18O2/c1-10-4-2-6-11(8-12,9(10)13)7-3-5-10/h2,4,9,12-13H,3,5-8H2,1H3. The Bertz CT molecular complexity index is 236. The Kier molecular flexibility index (Phi) is 2.00. The molecule has 0 aromatic rings. The molecule has 0 saturated heterocycles. The van der Waals surface area contributed by atoms with E-state index in [1.807, 2.05) is 0 Å². The highest BCUT2D eigenvalue weighted by Crippen LogP contribution is 2.52. The fourth-order valence-corrected chi connectivity index (χ4v) is 2.98. The molecule has 0 spiro atoms. The Hall–Kier alpha value is -0.340. The monoisotopic (exact) mass is 182 g/mol. The minimum atomic E-state index is -0.358. The third kappa shape index (κ3) is 1.16. The summed E-state index contributed by atoms with van der Waals surface area (Å²) >= 11 is 0. The number of aliphatic hydroxyl groups is 2. The Morgan fingerprint density at radius 1 is 1.46 bits per heavy atom. The van der Waals surface area contributed by atoms with Crippen LogP contribution in [0.5, 0.6) is 0 Å². The van der Waals surface area contributed by atoms with Gasteiger partial charge in [-0.25, -0.2) is 0 Å². The summed E-state index contributed by atoms with van der Waals surface area (Å²) < 4.78 is 0. The Balaban J connectivity index is 2.36. The van der Waals surface area contributed by atoms with Gasteiger partial charge in [-0.2, -0.15) is 0 Å². The summed E-state index contributed by atoms with van der Waals surface area (Å²) in [5, 5.41) is 19.6. The van der Waals surface area contributed by atoms with E-state index in [9.17, 15) is 10.2 Å². The molecule has 2 bridgehead atoms. The normalized spacial score (nSPS) is 49.3. The van der Waals surface area contributed by atoms with Crippen LogP contribution in [0, 0.1) is 10.8 Å². The largest absolute Gasteiger partial charge is 0.396 e. The third-order valence-corrected chi connectivity index (χ3v) is 3.93. The molecule has 1 fully saturated rings. The number of hydrogen-bond acceptors (Lipinski definition) is 2. The maximum Gasteiger partial charge on any atom is 0.0709 e. The minimum Gasteiger partial charge on any atom is -0.396 e. The van der Waals surface area contributed by atoms with E-state index < -0.39 is 0 Å². The second kappa shape index (κ2) is 2.82. The summed E-state index contributed by atoms with van der Waals surface area (Å²) in [7, 11) is 0. The molecule has 0 amide bonds. The number of fused-ring (bicyclic) bond motifs is 2. The van der Waals surface area contributed by atoms with Crippen molar-refractivity contribution in [3.05, 3.63) is 12.2 Å². The fourth-order valence-electron chi connectivity index (χ4n) is 2.98. The molecule has 0 aliphatic heterocycles. The van der Waals surface area contributed by atoms with Crippen molar-refractivity contribution in [2.75, 3.05) is 6.61 Å². The Labute approximate surface area is 79.3 Å². The third-order valence-electron chi connectivity index (χ3n) is 3.93. The highest BCUT2D eigenvalue weighted by atomic mass is 16.3. The van der Waals surface area contributed by atoms with Gasteiger partial charge in [-0.05, 0) is 19.3 Å². The molecule has 0 radical (unpaired) electrons. The van der Waals surface area contributed by atoms with Gasteiger partial charge in [0.2, 0.25) is 0 Å². The molecule has 0 aromatic heterocycles. The van der Waals surface area contributed by atoms with Crippen LogP contribution in [0.15, 0.2) is 12.2 Å². The molecule has 1 saturated carbocycles. The van der Waals surface area contributed by atoms with Crippen molar-refractivity contribution in [2.24, 2.45) is 10.8 Å². The average Bonchev–Trinajstić information content (AvgIpc) is 2.09. The van der Waals surface area contributed by atoms with Crippen LogP contribution in [0.25, 0.3) is 0 Å². The number of allylic oxidation sites excluding steroid dienone is 1. The summed E-state index contributed by atoms with van der Waals surface area (Å²) in [6.07, 6.45) is 7.87. The summed E-state index contributed by atoms with van der Waals surface area (Å²) in [6, 6.07) is 0. The van der Waals surface area contributed by atoms with Gasteiger partial charge in [-0.15, -0.1) is 0 Å². The van der Waals surface area contributed by atoms with Crippen molar-refractivity contribution in [1.82, 2.24) is 0 Å². The summed E-state index contributed by atoms with van der Waals surface area (Å²) in [5.74, 6) is 0. The molecule has 2 aliphatic carbocycles. The highest BCUT2D eigenvalue weighted by molar-refractivity contribution is 5.15. The van der Waals surface area contributed by atoms with Gasteiger partial charge < -0.3 is 10.2 Å². The summed E-state index contributed by atoms with van der Waals surface area (Å²) in [4.78, 5) is 0. The predicted molar refractivity (Wildman–Crippen MR) is 51.2 cm³/mol. The van der Waals surface area contributed by atoms with E-state index in [0.717, 1.165) is 25.7 Å². The quantitative estimate of drug-likeness (QED) is 0.603. The van der Waals surface area contributed by atoms with E-state index in [2.05, 4.69) is 19.1 Å². The molecule has 0 heterocycles. The molecule has 13 heavy (non-hydrogen) atoms. The maximum absolute atomic E-state index is 10.2. The van der Waals surface area contributed by atoms with E-state index in [0.29, 0.717) is 0 Å². The van der Waals surface area contributed by atoms with Gasteiger partial charge >= 0.3 is 0 Å². The van der Waals surface area contributed by atoms with Crippen LogP contribution in [-0.2, 0) is 0 Å². The lowest BCUT2D eigenvalue weighted by Crippen LogP contribution is -2.52. The molecule has 3 atom stereocenters. The highest BCUT2D eigenvalue weighted by Gasteiger charge is 2.50. The van der Waals surface area contributed by atoms with Crippen molar-refractivity contribution in [2.45, 2.75) is 38.7 Å². The second-order valence-corrected chi connectivity index (χ2v) is 4.89. The average molecular weight is 182 g/mol. The van der Waals surface area contributed by atoms with Gasteiger partial charge in [0, 0.05) is 10.8 Å². The van der Waals surface area contributed by atoms with Crippen LogP contribution in [0.2, 0.25) is 0 Å². The van der Waals surface area contributed by atoms with Gasteiger partial charge in [0.25, 0.3) is 0 Å². The zero-order chi connectivity index (χ0) is 9.53. The van der Waals surface area contributed by atoms with E-state index in [1.54, 1.807) is 0 Å². The van der Waals surface area contributed by atoms with Crippen molar-refractivity contribution in [1.29, 1.82) is 0 Å². The zero-order valence-electron chi connectivity index (χ0n) is 8.16. The van der Waals surface area contributed by atoms with E-state index in [4.69, 9.17) is 0 Å². The van der Waals surface area contributed by atoms with Crippen LogP contribution in [0.4, 0.5) is 0 Å². The summed E-state index contributed by atoms with van der Waals surface area (Å²) in [5.41, 5.74) is -0.318. The molecule has 2 nitrogen and oxygen atoms in total. The topological polar surface area (TPSA) is 40.5 Å². The lowest BCUT2D eigenvalue weighted by molar-refractivity contribution is -0.109. The number of aliphatic hydroxyl groups excluding tert-OH is 2. The van der Waals surface area contributed by atoms with Gasteiger partial charge in [0.05, 0.1) is 12.7 Å². The van der Waals surface area contributed by atoms with Gasteiger partial charge in [-0.1, -0.05) is 25.5 Å². The van der Waals surface area contributed by atoms with Crippen molar-refractivity contribution in [3.8, 4) is 0 Å². The predicted octanol–water partition coefficient (Wildman–Crippen LogP) is 1.48. The van der Waals surface area contributed by atoms with Gasteiger partial charge in [-0.3, -0.25) is 0 Å². The molecule has 74 valence electrons. The number of rotatable bonds is 1. The van der Waals surface area contributed by atoms with Crippen LogP contribution >= 0.6 is 0 Å². The Morgan fingerprint density at radius 2 is 2.23 bits per heavy atom. The second-order valence-electron chi connectivity index (χ2n) is 4.89. The first kappa shape index (κ1) is 9.22. The molecule has 2 heteroatoms. The Morgan fingerprint density at radius 3 is 2.85 bits per heavy atom. The molecule has 2 N–H and O–H groups in total.